The van der Waals surface area contributed by atoms with E-state index < -0.39 is 0 Å². The first-order valence-electron chi connectivity index (χ1n) is 4.97. The van der Waals surface area contributed by atoms with Crippen LogP contribution in [0.1, 0.15) is 10.7 Å². The molecule has 0 aromatic carbocycles. The van der Waals surface area contributed by atoms with Gasteiger partial charge in [-0.15, -0.1) is 21.5 Å². The van der Waals surface area contributed by atoms with Crippen LogP contribution in [0.3, 0.4) is 0 Å². The molecule has 0 aliphatic heterocycles. The van der Waals surface area contributed by atoms with Crippen LogP contribution in [0.15, 0.2) is 12.1 Å². The van der Waals surface area contributed by atoms with Gasteiger partial charge in [0, 0.05) is 0 Å². The molecular formula is C10H8ClN5S. The van der Waals surface area contributed by atoms with Gasteiger partial charge < -0.3 is 0 Å². The van der Waals surface area contributed by atoms with Crippen LogP contribution in [0.5, 0.6) is 0 Å². The lowest BCUT2D eigenvalue weighted by Crippen LogP contribution is -1.94. The Balaban J connectivity index is 2.30. The SMILES string of the molecule is Cc1nc(C)c(-c2nnc3ccc(Cl)nn23)s1. The molecule has 0 amide bonds. The zero-order chi connectivity index (χ0) is 12.0. The molecule has 5 nitrogen and oxygen atoms in total. The second-order valence-corrected chi connectivity index (χ2v) is 5.19. The molecule has 86 valence electrons. The van der Waals surface area contributed by atoms with Crippen LogP contribution in [-0.4, -0.2) is 24.8 Å². The van der Waals surface area contributed by atoms with Crippen molar-refractivity contribution in [1.82, 2.24) is 24.8 Å². The molecule has 3 heterocycles. The van der Waals surface area contributed by atoms with E-state index in [9.17, 15) is 0 Å². The molecule has 3 aromatic rings. The van der Waals surface area contributed by atoms with E-state index in [1.54, 1.807) is 28.0 Å². The van der Waals surface area contributed by atoms with E-state index in [0.29, 0.717) is 16.6 Å². The minimum absolute atomic E-state index is 0.414. The Morgan fingerprint density at radius 1 is 1.24 bits per heavy atom. The average Bonchev–Trinajstić information content (AvgIpc) is 2.81. The Morgan fingerprint density at radius 2 is 2.06 bits per heavy atom. The molecule has 3 rings (SSSR count). The lowest BCUT2D eigenvalue weighted by molar-refractivity contribution is 0.936. The summed E-state index contributed by atoms with van der Waals surface area (Å²) in [6.07, 6.45) is 0. The number of rotatable bonds is 1. The van der Waals surface area contributed by atoms with Gasteiger partial charge in [-0.05, 0) is 26.0 Å². The molecule has 7 heteroatoms. The molecule has 0 unspecified atom stereocenters. The van der Waals surface area contributed by atoms with Gasteiger partial charge >= 0.3 is 0 Å². The zero-order valence-electron chi connectivity index (χ0n) is 9.18. The van der Waals surface area contributed by atoms with E-state index in [0.717, 1.165) is 15.6 Å². The standard InChI is InChI=1S/C10H8ClN5S/c1-5-9(17-6(2)12-5)10-14-13-8-4-3-7(11)15-16(8)10/h3-4H,1-2H3. The van der Waals surface area contributed by atoms with Gasteiger partial charge in [0.2, 0.25) is 0 Å². The van der Waals surface area contributed by atoms with Gasteiger partial charge in [-0.1, -0.05) is 11.6 Å². The summed E-state index contributed by atoms with van der Waals surface area (Å²) < 4.78 is 1.64. The van der Waals surface area contributed by atoms with Crippen molar-refractivity contribution < 1.29 is 0 Å². The van der Waals surface area contributed by atoms with Crippen molar-refractivity contribution in [3.05, 3.63) is 28.0 Å². The molecule has 0 saturated carbocycles. The molecule has 0 aliphatic carbocycles. The van der Waals surface area contributed by atoms with Gasteiger partial charge in [0.05, 0.1) is 15.6 Å². The van der Waals surface area contributed by atoms with Crippen LogP contribution < -0.4 is 0 Å². The van der Waals surface area contributed by atoms with Gasteiger partial charge in [-0.2, -0.15) is 9.61 Å². The number of aryl methyl sites for hydroxylation is 2. The maximum atomic E-state index is 5.88. The highest BCUT2D eigenvalue weighted by Crippen LogP contribution is 2.28. The van der Waals surface area contributed by atoms with E-state index >= 15 is 0 Å². The molecule has 3 aromatic heterocycles. The molecule has 0 fully saturated rings. The Labute approximate surface area is 106 Å². The normalized spacial score (nSPS) is 11.2. The average molecular weight is 266 g/mol. The number of thiazole rings is 1. The predicted octanol–water partition coefficient (Wildman–Crippen LogP) is 2.52. The highest BCUT2D eigenvalue weighted by atomic mass is 35.5. The number of fused-ring (bicyclic) bond motifs is 1. The number of nitrogens with zero attached hydrogens (tertiary/aromatic N) is 5. The molecule has 0 saturated heterocycles. The minimum atomic E-state index is 0.414. The smallest absolute Gasteiger partial charge is 0.197 e. The fourth-order valence-electron chi connectivity index (χ4n) is 1.65. The van der Waals surface area contributed by atoms with Crippen LogP contribution in [0, 0.1) is 13.8 Å². The second kappa shape index (κ2) is 3.75. The van der Waals surface area contributed by atoms with E-state index in [1.807, 2.05) is 13.8 Å². The summed E-state index contributed by atoms with van der Waals surface area (Å²) in [6, 6.07) is 3.48. The number of halogens is 1. The molecule has 17 heavy (non-hydrogen) atoms. The van der Waals surface area contributed by atoms with Gasteiger partial charge in [-0.3, -0.25) is 0 Å². The monoisotopic (exact) mass is 265 g/mol. The van der Waals surface area contributed by atoms with Gasteiger partial charge in [0.25, 0.3) is 0 Å². The summed E-state index contributed by atoms with van der Waals surface area (Å²) in [6.45, 7) is 3.91. The van der Waals surface area contributed by atoms with Crippen molar-refractivity contribution in [3.8, 4) is 10.7 Å². The Morgan fingerprint density at radius 3 is 2.76 bits per heavy atom. The summed E-state index contributed by atoms with van der Waals surface area (Å²) >= 11 is 7.46. The van der Waals surface area contributed by atoms with Gasteiger partial charge in [0.15, 0.2) is 11.5 Å². The first-order chi connectivity index (χ1) is 8.15. The lowest BCUT2D eigenvalue weighted by Gasteiger charge is -1.96. The van der Waals surface area contributed by atoms with E-state index in [-0.39, 0.29) is 0 Å². The lowest BCUT2D eigenvalue weighted by atomic mass is 10.4. The third kappa shape index (κ3) is 1.69. The van der Waals surface area contributed by atoms with Crippen molar-refractivity contribution in [2.45, 2.75) is 13.8 Å². The van der Waals surface area contributed by atoms with E-state index in [4.69, 9.17) is 11.6 Å². The van der Waals surface area contributed by atoms with Crippen molar-refractivity contribution in [3.63, 3.8) is 0 Å². The van der Waals surface area contributed by atoms with Crippen molar-refractivity contribution in [2.24, 2.45) is 0 Å². The first-order valence-corrected chi connectivity index (χ1v) is 6.17. The van der Waals surface area contributed by atoms with Crippen LogP contribution in [-0.2, 0) is 0 Å². The van der Waals surface area contributed by atoms with Crippen LogP contribution >= 0.6 is 22.9 Å². The minimum Gasteiger partial charge on any atom is -0.246 e. The molecule has 0 bridgehead atoms. The van der Waals surface area contributed by atoms with Crippen LogP contribution in [0.2, 0.25) is 5.15 Å². The quantitative estimate of drug-likeness (QED) is 0.678. The molecule has 0 N–H and O–H groups in total. The zero-order valence-corrected chi connectivity index (χ0v) is 10.7. The summed E-state index contributed by atoms with van der Waals surface area (Å²) in [5.74, 6) is 0.686. The number of aromatic nitrogens is 5. The fraction of sp³-hybridized carbons (Fsp3) is 0.200. The maximum absolute atomic E-state index is 5.88. The Kier molecular flexibility index (Phi) is 2.34. The molecule has 0 atom stereocenters. The van der Waals surface area contributed by atoms with Gasteiger partial charge in [-0.25, -0.2) is 4.98 Å². The van der Waals surface area contributed by atoms with Crippen molar-refractivity contribution >= 4 is 28.6 Å². The summed E-state index contributed by atoms with van der Waals surface area (Å²) in [4.78, 5) is 5.35. The van der Waals surface area contributed by atoms with Crippen molar-refractivity contribution in [2.75, 3.05) is 0 Å². The topological polar surface area (TPSA) is 56.0 Å². The second-order valence-electron chi connectivity index (χ2n) is 3.60. The fourth-order valence-corrected chi connectivity index (χ4v) is 2.68. The summed E-state index contributed by atoms with van der Waals surface area (Å²) in [5, 5.41) is 13.8. The third-order valence-corrected chi connectivity index (χ3v) is 3.61. The van der Waals surface area contributed by atoms with Gasteiger partial charge in [0.1, 0.15) is 5.15 Å². The first kappa shape index (κ1) is 10.6. The third-order valence-electron chi connectivity index (χ3n) is 2.34. The van der Waals surface area contributed by atoms with Crippen molar-refractivity contribution in [1.29, 1.82) is 0 Å². The largest absolute Gasteiger partial charge is 0.246 e. The van der Waals surface area contributed by atoms with E-state index in [1.165, 1.54) is 0 Å². The predicted molar refractivity (Wildman–Crippen MR) is 66.4 cm³/mol. The summed E-state index contributed by atoms with van der Waals surface area (Å²) in [5.41, 5.74) is 1.61. The molecular weight excluding hydrogens is 258 g/mol. The maximum Gasteiger partial charge on any atom is 0.197 e. The number of hydrogen-bond donors (Lipinski definition) is 0. The Bertz CT molecular complexity index is 702. The highest BCUT2D eigenvalue weighted by Gasteiger charge is 2.15. The Hall–Kier alpha value is -1.53. The van der Waals surface area contributed by atoms with Crippen LogP contribution in [0.25, 0.3) is 16.3 Å². The molecule has 0 aliphatic rings. The number of hydrogen-bond acceptors (Lipinski definition) is 5. The molecule has 0 spiro atoms. The van der Waals surface area contributed by atoms with E-state index in [2.05, 4.69) is 20.3 Å². The summed E-state index contributed by atoms with van der Waals surface area (Å²) in [7, 11) is 0. The molecule has 0 radical (unpaired) electrons. The highest BCUT2D eigenvalue weighted by molar-refractivity contribution is 7.15. The van der Waals surface area contributed by atoms with Crippen LogP contribution in [0.4, 0.5) is 0 Å².